The van der Waals surface area contributed by atoms with E-state index in [-0.39, 0.29) is 0 Å². The molecule has 1 aromatic heterocycles. The van der Waals surface area contributed by atoms with Crippen molar-refractivity contribution in [2.45, 2.75) is 31.4 Å². The Morgan fingerprint density at radius 1 is 1.58 bits per heavy atom. The summed E-state index contributed by atoms with van der Waals surface area (Å²) in [6.07, 6.45) is 4.20. The highest BCUT2D eigenvalue weighted by atomic mass is 127. The van der Waals surface area contributed by atoms with Gasteiger partial charge >= 0.3 is 0 Å². The van der Waals surface area contributed by atoms with Crippen LogP contribution in [0.25, 0.3) is 0 Å². The van der Waals surface area contributed by atoms with Gasteiger partial charge in [-0.05, 0) is 60.5 Å². The normalized spacial score (nSPS) is 28.3. The molecule has 1 saturated heterocycles. The van der Waals surface area contributed by atoms with Crippen LogP contribution in [-0.4, -0.2) is 44.3 Å². The van der Waals surface area contributed by atoms with E-state index >= 15 is 0 Å². The number of likely N-dealkylation sites (N-methyl/N-ethyl adjacent to an activating group) is 1. The third-order valence-corrected chi connectivity index (χ3v) is 5.99. The summed E-state index contributed by atoms with van der Waals surface area (Å²) >= 11 is 4.41. The summed E-state index contributed by atoms with van der Waals surface area (Å²) in [7, 11) is 2.18. The van der Waals surface area contributed by atoms with Gasteiger partial charge in [0.25, 0.3) is 0 Å². The number of morpholine rings is 1. The Morgan fingerprint density at radius 2 is 2.47 bits per heavy atom. The average Bonchev–Trinajstić information content (AvgIpc) is 2.77. The molecule has 106 valence electrons. The molecule has 0 saturated carbocycles. The molecule has 0 aromatic carbocycles. The highest BCUT2D eigenvalue weighted by Crippen LogP contribution is 2.36. The molecule has 0 spiro atoms. The van der Waals surface area contributed by atoms with Crippen molar-refractivity contribution in [2.24, 2.45) is 0 Å². The highest BCUT2D eigenvalue weighted by molar-refractivity contribution is 14.1. The summed E-state index contributed by atoms with van der Waals surface area (Å²) < 4.78 is 7.25. The molecule has 0 radical (unpaired) electrons. The number of hydrogen-bond donors (Lipinski definition) is 1. The molecule has 2 heterocycles. The lowest BCUT2D eigenvalue weighted by atomic mass is 9.94. The van der Waals surface area contributed by atoms with Gasteiger partial charge in [-0.3, -0.25) is 0 Å². The number of rotatable bonds is 3. The van der Waals surface area contributed by atoms with E-state index in [2.05, 4.69) is 45.9 Å². The Bertz CT molecular complexity index is 437. The molecule has 19 heavy (non-hydrogen) atoms. The van der Waals surface area contributed by atoms with Gasteiger partial charge in [-0.1, -0.05) is 0 Å². The lowest BCUT2D eigenvalue weighted by molar-refractivity contribution is -0.0195. The van der Waals surface area contributed by atoms with Crippen molar-refractivity contribution in [1.29, 1.82) is 0 Å². The first-order chi connectivity index (χ1) is 9.22. The fourth-order valence-corrected chi connectivity index (χ4v) is 5.12. The zero-order chi connectivity index (χ0) is 13.2. The Hall–Kier alpha value is 0.310. The Labute approximate surface area is 132 Å². The Kier molecular flexibility index (Phi) is 4.79. The molecular weight excluding hydrogens is 371 g/mol. The highest BCUT2D eigenvalue weighted by Gasteiger charge is 2.24. The lowest BCUT2D eigenvalue weighted by Crippen LogP contribution is -2.45. The van der Waals surface area contributed by atoms with E-state index in [0.29, 0.717) is 12.1 Å². The number of nitrogens with one attached hydrogen (secondary N) is 1. The van der Waals surface area contributed by atoms with Crippen molar-refractivity contribution in [2.75, 3.05) is 33.3 Å². The first-order valence-electron chi connectivity index (χ1n) is 7.04. The van der Waals surface area contributed by atoms with Gasteiger partial charge in [0, 0.05) is 30.6 Å². The quantitative estimate of drug-likeness (QED) is 0.801. The second kappa shape index (κ2) is 6.39. The molecule has 3 rings (SSSR count). The first kappa shape index (κ1) is 14.3. The maximum absolute atomic E-state index is 5.83. The van der Waals surface area contributed by atoms with Crippen LogP contribution in [0.4, 0.5) is 0 Å². The molecule has 2 aliphatic rings. The predicted octanol–water partition coefficient (Wildman–Crippen LogP) is 2.65. The first-order valence-corrected chi connectivity index (χ1v) is 8.93. The largest absolute Gasteiger partial charge is 0.374 e. The number of halogens is 1. The van der Waals surface area contributed by atoms with Crippen LogP contribution < -0.4 is 5.32 Å². The van der Waals surface area contributed by atoms with Crippen LogP contribution in [0.5, 0.6) is 0 Å². The van der Waals surface area contributed by atoms with Crippen molar-refractivity contribution in [3.05, 3.63) is 19.4 Å². The van der Waals surface area contributed by atoms with Gasteiger partial charge in [-0.25, -0.2) is 0 Å². The van der Waals surface area contributed by atoms with Gasteiger partial charge in [-0.2, -0.15) is 0 Å². The van der Waals surface area contributed by atoms with E-state index in [9.17, 15) is 0 Å². The Morgan fingerprint density at radius 3 is 3.32 bits per heavy atom. The number of nitrogens with zero attached hydrogens (tertiary/aromatic N) is 1. The van der Waals surface area contributed by atoms with Crippen LogP contribution in [0, 0.1) is 2.88 Å². The SMILES string of the molecule is CN1CCOC(CNC2CCCc3sc(I)cc32)C1. The van der Waals surface area contributed by atoms with Crippen LogP contribution >= 0.6 is 33.9 Å². The van der Waals surface area contributed by atoms with E-state index in [0.717, 1.165) is 26.2 Å². The smallest absolute Gasteiger partial charge is 0.0826 e. The fraction of sp³-hybridized carbons (Fsp3) is 0.714. The van der Waals surface area contributed by atoms with Crippen molar-refractivity contribution in [1.82, 2.24) is 10.2 Å². The lowest BCUT2D eigenvalue weighted by Gasteiger charge is -2.32. The summed E-state index contributed by atoms with van der Waals surface area (Å²) in [5, 5.41) is 3.73. The predicted molar refractivity (Wildman–Crippen MR) is 88.0 cm³/mol. The van der Waals surface area contributed by atoms with Crippen LogP contribution in [-0.2, 0) is 11.2 Å². The minimum Gasteiger partial charge on any atom is -0.374 e. The van der Waals surface area contributed by atoms with Gasteiger partial charge in [0.1, 0.15) is 0 Å². The molecule has 2 unspecified atom stereocenters. The van der Waals surface area contributed by atoms with E-state index in [4.69, 9.17) is 4.74 Å². The molecule has 3 nitrogen and oxygen atoms in total. The van der Waals surface area contributed by atoms with Gasteiger partial charge < -0.3 is 15.0 Å². The van der Waals surface area contributed by atoms with Crippen LogP contribution in [0.15, 0.2) is 6.07 Å². The number of thiophene rings is 1. The van der Waals surface area contributed by atoms with Crippen LogP contribution in [0.1, 0.15) is 29.3 Å². The molecule has 0 amide bonds. The third-order valence-electron chi connectivity index (χ3n) is 4.02. The monoisotopic (exact) mass is 392 g/mol. The summed E-state index contributed by atoms with van der Waals surface area (Å²) in [4.78, 5) is 3.95. The number of aryl methyl sites for hydroxylation is 1. The standard InChI is InChI=1S/C14H21IN2OS/c1-17-5-6-18-10(9-17)8-16-12-3-2-4-13-11(12)7-14(15)19-13/h7,10,12,16H,2-6,8-9H2,1H3. The Balaban J connectivity index is 1.58. The van der Waals surface area contributed by atoms with Gasteiger partial charge in [0.05, 0.1) is 15.6 Å². The molecule has 5 heteroatoms. The summed E-state index contributed by atoms with van der Waals surface area (Å²) in [6, 6.07) is 2.91. The van der Waals surface area contributed by atoms with Crippen molar-refractivity contribution < 1.29 is 4.74 Å². The van der Waals surface area contributed by atoms with E-state index in [1.807, 2.05) is 11.3 Å². The zero-order valence-electron chi connectivity index (χ0n) is 11.3. The number of ether oxygens (including phenoxy) is 1. The van der Waals surface area contributed by atoms with Gasteiger partial charge in [0.15, 0.2) is 0 Å². The number of hydrogen-bond acceptors (Lipinski definition) is 4. The topological polar surface area (TPSA) is 24.5 Å². The van der Waals surface area contributed by atoms with E-state index < -0.39 is 0 Å². The number of fused-ring (bicyclic) bond motifs is 1. The van der Waals surface area contributed by atoms with Crippen molar-refractivity contribution in [3.8, 4) is 0 Å². The van der Waals surface area contributed by atoms with Crippen LogP contribution in [0.2, 0.25) is 0 Å². The average molecular weight is 392 g/mol. The minimum absolute atomic E-state index is 0.349. The molecule has 2 atom stereocenters. The molecular formula is C14H21IN2OS. The second-order valence-corrected chi connectivity index (χ2v) is 8.57. The molecule has 0 bridgehead atoms. The zero-order valence-corrected chi connectivity index (χ0v) is 14.3. The summed E-state index contributed by atoms with van der Waals surface area (Å²) in [5.41, 5.74) is 1.55. The van der Waals surface area contributed by atoms with E-state index in [1.54, 1.807) is 10.4 Å². The van der Waals surface area contributed by atoms with Crippen molar-refractivity contribution >= 4 is 33.9 Å². The van der Waals surface area contributed by atoms with Crippen molar-refractivity contribution in [3.63, 3.8) is 0 Å². The second-order valence-electron chi connectivity index (χ2n) is 5.54. The van der Waals surface area contributed by atoms with Gasteiger partial charge in [0.2, 0.25) is 0 Å². The summed E-state index contributed by atoms with van der Waals surface area (Å²) in [6.45, 7) is 3.95. The molecule has 1 aromatic rings. The maximum Gasteiger partial charge on any atom is 0.0826 e. The van der Waals surface area contributed by atoms with Crippen LogP contribution in [0.3, 0.4) is 0 Å². The minimum atomic E-state index is 0.349. The van der Waals surface area contributed by atoms with E-state index in [1.165, 1.54) is 22.1 Å². The molecule has 1 aliphatic heterocycles. The molecule has 1 N–H and O–H groups in total. The molecule has 1 fully saturated rings. The fourth-order valence-electron chi connectivity index (χ4n) is 3.00. The third kappa shape index (κ3) is 3.50. The van der Waals surface area contributed by atoms with Gasteiger partial charge in [-0.15, -0.1) is 11.3 Å². The molecule has 1 aliphatic carbocycles. The summed E-state index contributed by atoms with van der Waals surface area (Å²) in [5.74, 6) is 0. The maximum atomic E-state index is 5.83.